The quantitative estimate of drug-likeness (QED) is 0.455. The zero-order valence-electron chi connectivity index (χ0n) is 12.5. The van der Waals surface area contributed by atoms with Crippen molar-refractivity contribution in [1.82, 2.24) is 0 Å². The minimum atomic E-state index is 0.181. The molecule has 0 fully saturated rings. The molecule has 0 unspecified atom stereocenters. The van der Waals surface area contributed by atoms with Crippen LogP contribution >= 0.6 is 39.1 Å². The van der Waals surface area contributed by atoms with Gasteiger partial charge in [0.05, 0.1) is 10.0 Å². The van der Waals surface area contributed by atoms with Crippen LogP contribution in [-0.4, -0.2) is 5.11 Å². The lowest BCUT2D eigenvalue weighted by molar-refractivity contribution is 0.466. The Kier molecular flexibility index (Phi) is 5.34. The van der Waals surface area contributed by atoms with Crippen molar-refractivity contribution in [1.29, 1.82) is 0 Å². The molecule has 0 bridgehead atoms. The molecule has 0 saturated heterocycles. The van der Waals surface area contributed by atoms with Crippen molar-refractivity contribution in [2.75, 3.05) is 0 Å². The van der Waals surface area contributed by atoms with Gasteiger partial charge >= 0.3 is 0 Å². The molecule has 0 aliphatic heterocycles. The minimum Gasteiger partial charge on any atom is -0.507 e. The third-order valence-corrected chi connectivity index (χ3v) is 4.69. The molecule has 0 aliphatic rings. The summed E-state index contributed by atoms with van der Waals surface area (Å²) in [5.41, 5.74) is 2.54. The van der Waals surface area contributed by atoms with Gasteiger partial charge in [0.25, 0.3) is 0 Å². The van der Waals surface area contributed by atoms with Crippen LogP contribution in [0.25, 0.3) is 11.1 Å². The van der Waals surface area contributed by atoms with E-state index in [1.807, 2.05) is 30.3 Å². The van der Waals surface area contributed by atoms with Crippen LogP contribution in [-0.2, 0) is 5.33 Å². The van der Waals surface area contributed by atoms with Crippen molar-refractivity contribution in [2.24, 2.45) is 0 Å². The van der Waals surface area contributed by atoms with Gasteiger partial charge in [0.15, 0.2) is 5.75 Å². The number of phenols is 1. The van der Waals surface area contributed by atoms with Crippen LogP contribution in [0.3, 0.4) is 0 Å². The Hall–Kier alpha value is -1.68. The molecular weight excluding hydrogens is 411 g/mol. The van der Waals surface area contributed by atoms with E-state index in [9.17, 15) is 5.11 Å². The maximum Gasteiger partial charge on any atom is 0.164 e. The van der Waals surface area contributed by atoms with E-state index in [1.165, 1.54) is 0 Å². The van der Waals surface area contributed by atoms with Crippen LogP contribution in [0.4, 0.5) is 0 Å². The summed E-state index contributed by atoms with van der Waals surface area (Å²) in [6, 6.07) is 18.2. The van der Waals surface area contributed by atoms with Gasteiger partial charge in [-0.3, -0.25) is 0 Å². The summed E-state index contributed by atoms with van der Waals surface area (Å²) in [5, 5.41) is 11.6. The highest BCUT2D eigenvalue weighted by atomic mass is 79.9. The number of phenolic OH excluding ortho intramolecular Hbond substituents is 1. The molecule has 2 nitrogen and oxygen atoms in total. The van der Waals surface area contributed by atoms with E-state index in [0.29, 0.717) is 32.4 Å². The molecule has 0 spiro atoms. The second-order valence-corrected chi connectivity index (χ2v) is 6.54. The highest BCUT2D eigenvalue weighted by molar-refractivity contribution is 9.08. The van der Waals surface area contributed by atoms with Crippen molar-refractivity contribution in [2.45, 2.75) is 5.33 Å². The third kappa shape index (κ3) is 3.69. The van der Waals surface area contributed by atoms with Gasteiger partial charge in [0.1, 0.15) is 11.5 Å². The van der Waals surface area contributed by atoms with Gasteiger partial charge in [-0.05, 0) is 41.5 Å². The van der Waals surface area contributed by atoms with Crippen molar-refractivity contribution < 1.29 is 9.84 Å². The fraction of sp³-hybridized carbons (Fsp3) is 0.0526. The van der Waals surface area contributed by atoms with Crippen molar-refractivity contribution in [3.8, 4) is 28.4 Å². The number of halogens is 3. The summed E-state index contributed by atoms with van der Waals surface area (Å²) in [6.07, 6.45) is 0. The second-order valence-electron chi connectivity index (χ2n) is 5.17. The maximum atomic E-state index is 10.1. The highest BCUT2D eigenvalue weighted by Gasteiger charge is 2.12. The molecule has 0 aromatic heterocycles. The predicted molar refractivity (Wildman–Crippen MR) is 103 cm³/mol. The molecule has 3 rings (SSSR count). The topological polar surface area (TPSA) is 29.5 Å². The Balaban J connectivity index is 1.98. The van der Waals surface area contributed by atoms with Crippen molar-refractivity contribution in [3.63, 3.8) is 0 Å². The number of hydrogen-bond donors (Lipinski definition) is 1. The summed E-state index contributed by atoms with van der Waals surface area (Å²) in [7, 11) is 0. The summed E-state index contributed by atoms with van der Waals surface area (Å²) < 4.78 is 5.87. The van der Waals surface area contributed by atoms with Crippen LogP contribution in [0.5, 0.6) is 17.2 Å². The van der Waals surface area contributed by atoms with E-state index >= 15 is 0 Å². The van der Waals surface area contributed by atoms with Crippen LogP contribution in [0, 0.1) is 0 Å². The number of hydrogen-bond acceptors (Lipinski definition) is 2. The average Bonchev–Trinajstić information content (AvgIpc) is 2.60. The summed E-state index contributed by atoms with van der Waals surface area (Å²) in [6.45, 7) is 0. The van der Waals surface area contributed by atoms with Crippen LogP contribution in [0.15, 0.2) is 60.7 Å². The number of benzene rings is 3. The predicted octanol–water partition coefficient (Wildman–Crippen LogP) is 7.05. The molecule has 122 valence electrons. The normalized spacial score (nSPS) is 10.6. The van der Waals surface area contributed by atoms with Crippen LogP contribution < -0.4 is 4.74 Å². The molecule has 3 aromatic rings. The molecule has 0 amide bonds. The Morgan fingerprint density at radius 3 is 2.21 bits per heavy atom. The van der Waals surface area contributed by atoms with Crippen molar-refractivity contribution in [3.05, 3.63) is 76.3 Å². The van der Waals surface area contributed by atoms with Crippen LogP contribution in [0.2, 0.25) is 10.0 Å². The molecular formula is C19H13BrCl2O2. The molecule has 3 aromatic carbocycles. The highest BCUT2D eigenvalue weighted by Crippen LogP contribution is 2.40. The second kappa shape index (κ2) is 7.47. The molecule has 0 aliphatic carbocycles. The number of rotatable bonds is 4. The molecule has 24 heavy (non-hydrogen) atoms. The fourth-order valence-electron chi connectivity index (χ4n) is 2.33. The number of ether oxygens (including phenoxy) is 1. The summed E-state index contributed by atoms with van der Waals surface area (Å²) in [4.78, 5) is 0. The standard InChI is InChI=1S/C19H13BrCl2O2/c20-11-12-8-16(21)19(17(22)9-12)24-14-6-7-18(23)15(10-14)13-4-2-1-3-5-13/h1-10,23H,11H2. The SMILES string of the molecule is Oc1ccc(Oc2c(Cl)cc(CBr)cc2Cl)cc1-c1ccccc1. The first-order valence-corrected chi connectivity index (χ1v) is 9.06. The van der Waals surface area contributed by atoms with Gasteiger partial charge in [-0.1, -0.05) is 69.5 Å². The summed E-state index contributed by atoms with van der Waals surface area (Å²) in [5.74, 6) is 1.12. The lowest BCUT2D eigenvalue weighted by Gasteiger charge is -2.13. The zero-order valence-corrected chi connectivity index (χ0v) is 15.6. The zero-order chi connectivity index (χ0) is 17.1. The average molecular weight is 424 g/mol. The molecule has 0 saturated carbocycles. The van der Waals surface area contributed by atoms with Gasteiger partial charge in [0.2, 0.25) is 0 Å². The fourth-order valence-corrected chi connectivity index (χ4v) is 3.27. The lowest BCUT2D eigenvalue weighted by atomic mass is 10.0. The van der Waals surface area contributed by atoms with Gasteiger partial charge < -0.3 is 9.84 Å². The maximum absolute atomic E-state index is 10.1. The van der Waals surface area contributed by atoms with E-state index in [2.05, 4.69) is 15.9 Å². The van der Waals surface area contributed by atoms with Gasteiger partial charge in [-0.2, -0.15) is 0 Å². The first-order chi connectivity index (χ1) is 11.6. The van der Waals surface area contributed by atoms with E-state index in [1.54, 1.807) is 30.3 Å². The third-order valence-electron chi connectivity index (χ3n) is 3.49. The monoisotopic (exact) mass is 422 g/mol. The van der Waals surface area contributed by atoms with Crippen LogP contribution in [0.1, 0.15) is 5.56 Å². The molecule has 1 N–H and O–H groups in total. The molecule has 5 heteroatoms. The Morgan fingerprint density at radius 2 is 1.58 bits per heavy atom. The molecule has 0 heterocycles. The smallest absolute Gasteiger partial charge is 0.164 e. The minimum absolute atomic E-state index is 0.181. The molecule has 0 atom stereocenters. The number of alkyl halides is 1. The van der Waals surface area contributed by atoms with Gasteiger partial charge in [-0.25, -0.2) is 0 Å². The van der Waals surface area contributed by atoms with Crippen molar-refractivity contribution >= 4 is 39.1 Å². The van der Waals surface area contributed by atoms with E-state index in [0.717, 1.165) is 11.1 Å². The first-order valence-electron chi connectivity index (χ1n) is 7.18. The summed E-state index contributed by atoms with van der Waals surface area (Å²) >= 11 is 15.9. The largest absolute Gasteiger partial charge is 0.507 e. The Bertz CT molecular complexity index is 843. The first kappa shape index (κ1) is 17.2. The van der Waals surface area contributed by atoms with E-state index in [4.69, 9.17) is 27.9 Å². The van der Waals surface area contributed by atoms with Gasteiger partial charge in [0, 0.05) is 10.9 Å². The van der Waals surface area contributed by atoms with Gasteiger partial charge in [-0.15, -0.1) is 0 Å². The Morgan fingerprint density at radius 1 is 0.917 bits per heavy atom. The lowest BCUT2D eigenvalue weighted by Crippen LogP contribution is -1.90. The Labute approximate surface area is 158 Å². The number of aromatic hydroxyl groups is 1. The van der Waals surface area contributed by atoms with E-state index in [-0.39, 0.29) is 5.75 Å². The van der Waals surface area contributed by atoms with E-state index < -0.39 is 0 Å². The molecule has 0 radical (unpaired) electrons.